The van der Waals surface area contributed by atoms with Gasteiger partial charge in [-0.1, -0.05) is 6.92 Å². The van der Waals surface area contributed by atoms with Crippen molar-refractivity contribution in [3.8, 4) is 0 Å². The first-order chi connectivity index (χ1) is 3.91. The third kappa shape index (κ3) is 216. The van der Waals surface area contributed by atoms with E-state index in [1.165, 1.54) is 0 Å². The van der Waals surface area contributed by atoms with Gasteiger partial charge in [0.1, 0.15) is 0 Å². The summed E-state index contributed by atoms with van der Waals surface area (Å²) in [4.78, 5) is 0. The molecule has 0 atom stereocenters. The number of hydroxylamine groups is 3. The molecule has 58 valence electrons. The maximum Gasteiger partial charge on any atom is 0.0979 e. The molecule has 1 N–H and O–H groups in total. The summed E-state index contributed by atoms with van der Waals surface area (Å²) in [5, 5.41) is 8.46. The van der Waals surface area contributed by atoms with Crippen LogP contribution >= 0.6 is 11.6 Å². The van der Waals surface area contributed by atoms with Crippen LogP contribution in [0.2, 0.25) is 0 Å². The number of hydrogen-bond acceptors (Lipinski definition) is 1. The molecule has 0 fully saturated rings. The molecule has 0 aromatic heterocycles. The molecule has 0 aromatic carbocycles. The van der Waals surface area contributed by atoms with Gasteiger partial charge in [-0.2, -0.15) is 4.65 Å². The van der Waals surface area contributed by atoms with Crippen molar-refractivity contribution in [1.82, 2.24) is 0 Å². The highest BCUT2D eigenvalue weighted by molar-refractivity contribution is 6.17. The third-order valence-corrected chi connectivity index (χ3v) is 0.567. The van der Waals surface area contributed by atoms with Crippen molar-refractivity contribution in [2.24, 2.45) is 0 Å². The van der Waals surface area contributed by atoms with E-state index in [0.717, 1.165) is 12.3 Å². The Bertz CT molecular complexity index is 43.5. The minimum Gasteiger partial charge on any atom is -0.218 e. The molecule has 2 nitrogen and oxygen atoms in total. The molecule has 0 aliphatic carbocycles. The Morgan fingerprint density at radius 1 is 1.33 bits per heavy atom. The van der Waals surface area contributed by atoms with Crippen LogP contribution in [0.4, 0.5) is 0 Å². The van der Waals surface area contributed by atoms with Gasteiger partial charge in [0.15, 0.2) is 0 Å². The molecule has 0 spiro atoms. The van der Waals surface area contributed by atoms with Crippen LogP contribution in [0.15, 0.2) is 0 Å². The highest BCUT2D eigenvalue weighted by Crippen LogP contribution is 1.75. The van der Waals surface area contributed by atoms with E-state index in [9.17, 15) is 0 Å². The molecule has 0 radical (unpaired) electrons. The van der Waals surface area contributed by atoms with Gasteiger partial charge in [-0.3, -0.25) is 0 Å². The first-order valence-electron chi connectivity index (χ1n) is 3.02. The summed E-state index contributed by atoms with van der Waals surface area (Å²) < 4.78 is 0. The minimum atomic E-state index is 0. The number of halogens is 1. The molecule has 3 heteroatoms. The van der Waals surface area contributed by atoms with E-state index in [1.54, 1.807) is 21.1 Å². The average molecular weight is 155 g/mol. The number of rotatable bonds is 1. The van der Waals surface area contributed by atoms with Crippen molar-refractivity contribution in [2.45, 2.75) is 13.3 Å². The Balaban J connectivity index is 0. The maximum absolute atomic E-state index is 8.46. The van der Waals surface area contributed by atoms with Gasteiger partial charge < -0.3 is 0 Å². The first kappa shape index (κ1) is 11.9. The lowest BCUT2D eigenvalue weighted by Crippen LogP contribution is -2.28. The molecule has 9 heavy (non-hydrogen) atoms. The lowest BCUT2D eigenvalue weighted by molar-refractivity contribution is -1.06. The molecule has 0 aliphatic rings. The van der Waals surface area contributed by atoms with E-state index in [0.29, 0.717) is 0 Å². The fourth-order valence-electron chi connectivity index (χ4n) is 0. The monoisotopic (exact) mass is 154 g/mol. The van der Waals surface area contributed by atoms with Crippen molar-refractivity contribution in [3.05, 3.63) is 0 Å². The van der Waals surface area contributed by atoms with Crippen LogP contribution < -0.4 is 0 Å². The van der Waals surface area contributed by atoms with E-state index in [1.807, 2.05) is 6.92 Å². The van der Waals surface area contributed by atoms with Crippen molar-refractivity contribution in [2.75, 3.05) is 27.0 Å². The summed E-state index contributed by atoms with van der Waals surface area (Å²) in [6.07, 6.45) is 1.08. The highest BCUT2D eigenvalue weighted by atomic mass is 35.5. The molecule has 0 amide bonds. The molecule has 0 saturated carbocycles. The van der Waals surface area contributed by atoms with Crippen molar-refractivity contribution in [1.29, 1.82) is 0 Å². The highest BCUT2D eigenvalue weighted by Gasteiger charge is 1.92. The Hall–Kier alpha value is 0.210. The lowest BCUT2D eigenvalue weighted by atomic mass is 10.6. The number of hydrogen-bond donors (Lipinski definition) is 1. The smallest absolute Gasteiger partial charge is 0.0979 e. The van der Waals surface area contributed by atoms with Gasteiger partial charge in [-0.25, -0.2) is 5.21 Å². The topological polar surface area (TPSA) is 20.2 Å². The fraction of sp³-hybridized carbons (Fsp3) is 1.00. The van der Waals surface area contributed by atoms with Crippen LogP contribution in [0.5, 0.6) is 0 Å². The Morgan fingerprint density at radius 2 is 1.44 bits per heavy atom. The SMILES string of the molecule is CCCCl.C[N+](C)(C)O. The third-order valence-electron chi connectivity index (χ3n) is 0.189. The number of alkyl halides is 1. The van der Waals surface area contributed by atoms with E-state index in [-0.39, 0.29) is 4.65 Å². The van der Waals surface area contributed by atoms with Gasteiger partial charge in [0.25, 0.3) is 0 Å². The summed E-state index contributed by atoms with van der Waals surface area (Å²) in [5.74, 6) is 0.792. The molecule has 0 saturated heterocycles. The summed E-state index contributed by atoms with van der Waals surface area (Å²) in [7, 11) is 5.04. The Morgan fingerprint density at radius 3 is 1.44 bits per heavy atom. The van der Waals surface area contributed by atoms with Gasteiger partial charge in [0.2, 0.25) is 0 Å². The maximum atomic E-state index is 8.46. The summed E-state index contributed by atoms with van der Waals surface area (Å²) in [5.41, 5.74) is 0. The Labute approximate surface area is 62.6 Å². The predicted molar refractivity (Wildman–Crippen MR) is 40.8 cm³/mol. The van der Waals surface area contributed by atoms with E-state index < -0.39 is 0 Å². The van der Waals surface area contributed by atoms with Crippen LogP contribution in [0.3, 0.4) is 0 Å². The van der Waals surface area contributed by atoms with Crippen LogP contribution in [0, 0.1) is 0 Å². The fourth-order valence-corrected chi connectivity index (χ4v) is 0. The van der Waals surface area contributed by atoms with Crippen molar-refractivity contribution in [3.63, 3.8) is 0 Å². The number of nitrogens with zero attached hydrogens (tertiary/aromatic N) is 1. The molecule has 0 unspecified atom stereocenters. The molecule has 0 bridgehead atoms. The lowest BCUT2D eigenvalue weighted by Gasteiger charge is -2.09. The van der Waals surface area contributed by atoms with Gasteiger partial charge >= 0.3 is 0 Å². The average Bonchev–Trinajstić information content (AvgIpc) is 1.61. The van der Waals surface area contributed by atoms with Gasteiger partial charge in [0.05, 0.1) is 21.1 Å². The van der Waals surface area contributed by atoms with Crippen LogP contribution in [0.1, 0.15) is 13.3 Å². The molecule has 0 aliphatic heterocycles. The summed E-state index contributed by atoms with van der Waals surface area (Å²) in [6.45, 7) is 2.05. The second-order valence-corrected chi connectivity index (χ2v) is 3.01. The molecular weight excluding hydrogens is 138 g/mol. The number of quaternary nitrogens is 1. The van der Waals surface area contributed by atoms with Gasteiger partial charge in [-0.05, 0) is 6.42 Å². The summed E-state index contributed by atoms with van der Waals surface area (Å²) in [6, 6.07) is 0. The van der Waals surface area contributed by atoms with E-state index in [2.05, 4.69) is 0 Å². The summed E-state index contributed by atoms with van der Waals surface area (Å²) >= 11 is 5.19. The second-order valence-electron chi connectivity index (χ2n) is 2.63. The molecule has 0 heterocycles. The van der Waals surface area contributed by atoms with E-state index in [4.69, 9.17) is 16.8 Å². The van der Waals surface area contributed by atoms with Crippen molar-refractivity contribution < 1.29 is 9.85 Å². The van der Waals surface area contributed by atoms with Gasteiger partial charge in [0, 0.05) is 5.88 Å². The zero-order valence-electron chi connectivity index (χ0n) is 6.69. The molecule has 0 aromatic rings. The zero-order valence-corrected chi connectivity index (χ0v) is 7.44. The molecule has 0 rings (SSSR count). The van der Waals surface area contributed by atoms with Crippen molar-refractivity contribution >= 4 is 11.6 Å². The quantitative estimate of drug-likeness (QED) is 0.347. The largest absolute Gasteiger partial charge is 0.218 e. The van der Waals surface area contributed by atoms with E-state index >= 15 is 0 Å². The zero-order chi connectivity index (χ0) is 7.91. The second kappa shape index (κ2) is 6.33. The first-order valence-corrected chi connectivity index (χ1v) is 3.55. The van der Waals surface area contributed by atoms with Gasteiger partial charge in [-0.15, -0.1) is 11.6 Å². The standard InChI is InChI=1S/C3H7Cl.C3H10NO/c1-2-3-4;1-4(2,3)5/h2-3H2,1H3;5H,1-3H3/q;+1. The predicted octanol–water partition coefficient (Wildman–Crippen LogP) is 1.72. The molecular formula is C6H17ClNO+. The van der Waals surface area contributed by atoms with Crippen LogP contribution in [-0.2, 0) is 0 Å². The normalized spacial score (nSPS) is 10.0. The van der Waals surface area contributed by atoms with Crippen LogP contribution in [-0.4, -0.2) is 36.9 Å². The minimum absolute atomic E-state index is 0. The van der Waals surface area contributed by atoms with Crippen LogP contribution in [0.25, 0.3) is 0 Å². The Kier molecular flexibility index (Phi) is 8.40.